The van der Waals surface area contributed by atoms with E-state index in [1.165, 1.54) is 25.2 Å². The number of nitro groups is 1. The number of ether oxygens (including phenoxy) is 1. The number of nitrogens with one attached hydrogen (secondary N) is 1. The SMILES string of the molecule is Cn1c(-c2cn(-c3ccc([N+](=O)[O-])cn3)nc2C(F)(F)F)cnc1C(=O)Nc1ccc(C(=O)N2CCC(C(=O)OC(C)(C)C)CC2)c(Cl)c1. The normalized spacial score (nSPS) is 14.1. The Morgan fingerprint density at radius 2 is 1.76 bits per heavy atom. The van der Waals surface area contributed by atoms with Crippen molar-refractivity contribution in [1.82, 2.24) is 29.2 Å². The highest BCUT2D eigenvalue weighted by Crippen LogP contribution is 2.37. The van der Waals surface area contributed by atoms with Crippen LogP contribution >= 0.6 is 11.6 Å². The fourth-order valence-corrected chi connectivity index (χ4v) is 5.47. The molecule has 0 aliphatic carbocycles. The average Bonchev–Trinajstić information content (AvgIpc) is 3.64. The van der Waals surface area contributed by atoms with E-state index < -0.39 is 33.9 Å². The Morgan fingerprint density at radius 1 is 1.06 bits per heavy atom. The van der Waals surface area contributed by atoms with Gasteiger partial charge in [-0.15, -0.1) is 0 Å². The number of amides is 2. The number of alkyl halides is 3. The number of hydrogen-bond acceptors (Lipinski definition) is 9. The van der Waals surface area contributed by atoms with E-state index in [0.29, 0.717) is 25.9 Å². The Labute approximate surface area is 282 Å². The third-order valence-electron chi connectivity index (χ3n) is 7.61. The Kier molecular flexibility index (Phi) is 9.50. The molecule has 0 spiro atoms. The topological polar surface area (TPSA) is 167 Å². The quantitative estimate of drug-likeness (QED) is 0.144. The molecule has 0 saturated carbocycles. The maximum atomic E-state index is 14.0. The van der Waals surface area contributed by atoms with Crippen molar-refractivity contribution in [3.63, 3.8) is 0 Å². The minimum atomic E-state index is -4.90. The molecule has 14 nitrogen and oxygen atoms in total. The minimum absolute atomic E-state index is 0.0553. The van der Waals surface area contributed by atoms with Crippen LogP contribution in [0.25, 0.3) is 17.1 Å². The lowest BCUT2D eigenvalue weighted by molar-refractivity contribution is -0.385. The molecule has 49 heavy (non-hydrogen) atoms. The van der Waals surface area contributed by atoms with Crippen molar-refractivity contribution < 1.29 is 37.2 Å². The Bertz CT molecular complexity index is 1930. The number of halogens is 4. The van der Waals surface area contributed by atoms with Crippen molar-refractivity contribution in [2.45, 2.75) is 45.4 Å². The summed E-state index contributed by atoms with van der Waals surface area (Å²) in [5.74, 6) is -2.07. The van der Waals surface area contributed by atoms with Crippen LogP contribution in [-0.4, -0.2) is 70.6 Å². The number of hydrogen-bond donors (Lipinski definition) is 1. The molecule has 1 aromatic carbocycles. The Balaban J connectivity index is 1.29. The van der Waals surface area contributed by atoms with Crippen LogP contribution in [0.2, 0.25) is 5.02 Å². The average molecular weight is 703 g/mol. The molecule has 1 aliphatic rings. The smallest absolute Gasteiger partial charge is 0.435 e. The van der Waals surface area contributed by atoms with Crippen molar-refractivity contribution >= 4 is 40.8 Å². The maximum Gasteiger partial charge on any atom is 0.435 e. The summed E-state index contributed by atoms with van der Waals surface area (Å²) in [6.07, 6.45) is -1.02. The van der Waals surface area contributed by atoms with E-state index in [2.05, 4.69) is 20.4 Å². The molecule has 1 fully saturated rings. The van der Waals surface area contributed by atoms with Crippen LogP contribution in [0.15, 0.2) is 48.9 Å². The van der Waals surface area contributed by atoms with Gasteiger partial charge in [-0.05, 0) is 57.9 Å². The summed E-state index contributed by atoms with van der Waals surface area (Å²) in [4.78, 5) is 58.5. The monoisotopic (exact) mass is 702 g/mol. The molecule has 4 aromatic rings. The number of imidazole rings is 1. The third kappa shape index (κ3) is 7.72. The highest BCUT2D eigenvalue weighted by molar-refractivity contribution is 6.34. The molecule has 0 unspecified atom stereocenters. The van der Waals surface area contributed by atoms with Crippen LogP contribution < -0.4 is 5.32 Å². The summed E-state index contributed by atoms with van der Waals surface area (Å²) in [5, 5.41) is 17.2. The van der Waals surface area contributed by atoms with Crippen molar-refractivity contribution in [3.05, 3.63) is 81.1 Å². The van der Waals surface area contributed by atoms with Gasteiger partial charge in [0, 0.05) is 38.1 Å². The zero-order valence-electron chi connectivity index (χ0n) is 26.6. The van der Waals surface area contributed by atoms with Gasteiger partial charge in [0.05, 0.1) is 38.9 Å². The molecule has 1 saturated heterocycles. The van der Waals surface area contributed by atoms with Crippen molar-refractivity contribution in [2.24, 2.45) is 13.0 Å². The molecule has 18 heteroatoms. The summed E-state index contributed by atoms with van der Waals surface area (Å²) >= 11 is 6.43. The molecular weight excluding hydrogens is 673 g/mol. The number of anilines is 1. The highest BCUT2D eigenvalue weighted by atomic mass is 35.5. The van der Waals surface area contributed by atoms with Gasteiger partial charge in [0.2, 0.25) is 0 Å². The summed E-state index contributed by atoms with van der Waals surface area (Å²) in [5.41, 5.74) is -2.37. The number of esters is 1. The Morgan fingerprint density at radius 3 is 2.33 bits per heavy atom. The van der Waals surface area contributed by atoms with Gasteiger partial charge >= 0.3 is 12.1 Å². The first kappa shape index (κ1) is 35.0. The molecule has 1 N–H and O–H groups in total. The summed E-state index contributed by atoms with van der Waals surface area (Å²) < 4.78 is 49.5. The molecule has 258 valence electrons. The van der Waals surface area contributed by atoms with Gasteiger partial charge < -0.3 is 19.5 Å². The van der Waals surface area contributed by atoms with Gasteiger partial charge in [-0.1, -0.05) is 11.6 Å². The first-order chi connectivity index (χ1) is 22.9. The summed E-state index contributed by atoms with van der Waals surface area (Å²) in [6, 6.07) is 6.50. The third-order valence-corrected chi connectivity index (χ3v) is 7.92. The molecule has 0 bridgehead atoms. The predicted octanol–water partition coefficient (Wildman–Crippen LogP) is 5.69. The largest absolute Gasteiger partial charge is 0.460 e. The number of nitrogens with zero attached hydrogens (tertiary/aromatic N) is 7. The van der Waals surface area contributed by atoms with Gasteiger partial charge in [-0.3, -0.25) is 24.5 Å². The minimum Gasteiger partial charge on any atom is -0.460 e. The van der Waals surface area contributed by atoms with Gasteiger partial charge in [0.15, 0.2) is 17.3 Å². The Hall–Kier alpha value is -5.32. The first-order valence-electron chi connectivity index (χ1n) is 14.9. The first-order valence-corrected chi connectivity index (χ1v) is 15.2. The molecule has 1 aliphatic heterocycles. The van der Waals surface area contributed by atoms with E-state index >= 15 is 0 Å². The maximum absolute atomic E-state index is 14.0. The number of likely N-dealkylation sites (tertiary alicyclic amines) is 1. The molecule has 3 aromatic heterocycles. The predicted molar refractivity (Wildman–Crippen MR) is 169 cm³/mol. The number of piperidine rings is 1. The van der Waals surface area contributed by atoms with Crippen LogP contribution in [-0.2, 0) is 22.8 Å². The van der Waals surface area contributed by atoms with Crippen LogP contribution in [0.3, 0.4) is 0 Å². The second kappa shape index (κ2) is 13.3. The lowest BCUT2D eigenvalue weighted by atomic mass is 9.96. The number of carbonyl (C=O) groups is 3. The van der Waals surface area contributed by atoms with Crippen LogP contribution in [0, 0.1) is 16.0 Å². The van der Waals surface area contributed by atoms with E-state index in [1.807, 2.05) is 0 Å². The van der Waals surface area contributed by atoms with Crippen LogP contribution in [0.4, 0.5) is 24.5 Å². The van der Waals surface area contributed by atoms with E-state index in [-0.39, 0.29) is 57.1 Å². The van der Waals surface area contributed by atoms with E-state index in [4.69, 9.17) is 16.3 Å². The van der Waals surface area contributed by atoms with Crippen molar-refractivity contribution in [2.75, 3.05) is 18.4 Å². The number of carbonyl (C=O) groups excluding carboxylic acids is 3. The molecule has 0 radical (unpaired) electrons. The van der Waals surface area contributed by atoms with Gasteiger partial charge in [-0.2, -0.15) is 18.3 Å². The van der Waals surface area contributed by atoms with Gasteiger partial charge in [0.1, 0.15) is 11.8 Å². The number of rotatable bonds is 7. The number of pyridine rings is 1. The van der Waals surface area contributed by atoms with Gasteiger partial charge in [-0.25, -0.2) is 14.6 Å². The van der Waals surface area contributed by atoms with E-state index in [1.54, 1.807) is 25.7 Å². The zero-order chi connectivity index (χ0) is 35.8. The second-order valence-electron chi connectivity index (χ2n) is 12.2. The fourth-order valence-electron chi connectivity index (χ4n) is 5.21. The standard InChI is InChI=1S/C31H30ClF3N8O6/c1-30(2,3)49-29(46)17-9-11-41(12-10-17)28(45)20-7-5-18(13-22(20)32)38-27(44)26-37-15-23(40(26)4)21-16-42(39-25(21)31(33,34)35)24-8-6-19(14-36-24)43(47)48/h5-8,13-17H,9-12H2,1-4H3,(H,38,44). The lowest BCUT2D eigenvalue weighted by Gasteiger charge is -2.32. The summed E-state index contributed by atoms with van der Waals surface area (Å²) in [6.45, 7) is 6.04. The molecular formula is C31H30ClF3N8O6. The lowest BCUT2D eigenvalue weighted by Crippen LogP contribution is -2.41. The highest BCUT2D eigenvalue weighted by Gasteiger charge is 2.39. The molecule has 2 amide bonds. The van der Waals surface area contributed by atoms with Crippen molar-refractivity contribution in [1.29, 1.82) is 0 Å². The van der Waals surface area contributed by atoms with Crippen molar-refractivity contribution in [3.8, 4) is 17.1 Å². The van der Waals surface area contributed by atoms with Crippen LogP contribution in [0.5, 0.6) is 0 Å². The van der Waals surface area contributed by atoms with Crippen LogP contribution in [0.1, 0.15) is 60.3 Å². The molecule has 0 atom stereocenters. The molecule has 5 rings (SSSR count). The van der Waals surface area contributed by atoms with Gasteiger partial charge in [0.25, 0.3) is 17.5 Å². The summed E-state index contributed by atoms with van der Waals surface area (Å²) in [7, 11) is 1.35. The van der Waals surface area contributed by atoms with E-state index in [9.17, 15) is 37.7 Å². The van der Waals surface area contributed by atoms with E-state index in [0.717, 1.165) is 40.0 Å². The number of benzene rings is 1. The number of aromatic nitrogens is 5. The zero-order valence-corrected chi connectivity index (χ0v) is 27.4. The fraction of sp³-hybridized carbons (Fsp3) is 0.355. The second-order valence-corrected chi connectivity index (χ2v) is 12.6. The molecule has 4 heterocycles.